The molecule has 0 N–H and O–H groups in total. The zero-order chi connectivity index (χ0) is 18.6. The molecule has 0 aliphatic carbocycles. The van der Waals surface area contributed by atoms with Gasteiger partial charge in [0.2, 0.25) is 5.91 Å². The predicted octanol–water partition coefficient (Wildman–Crippen LogP) is 1.07. The summed E-state index contributed by atoms with van der Waals surface area (Å²) in [6.07, 6.45) is 3.49. The summed E-state index contributed by atoms with van der Waals surface area (Å²) in [5.74, 6) is -2.66. The van der Waals surface area contributed by atoms with Crippen molar-refractivity contribution in [1.29, 1.82) is 0 Å². The number of anilines is 1. The van der Waals surface area contributed by atoms with E-state index in [2.05, 4.69) is 6.58 Å². The second-order valence-corrected chi connectivity index (χ2v) is 7.20. The average molecular weight is 354 g/mol. The highest BCUT2D eigenvalue weighted by molar-refractivity contribution is 6.03. The number of rotatable bonds is 5. The second-order valence-electron chi connectivity index (χ2n) is 7.20. The lowest BCUT2D eigenvalue weighted by atomic mass is 9.74. The first kappa shape index (κ1) is 16.8. The molecule has 1 spiro atoms. The first-order valence-electron chi connectivity index (χ1n) is 8.58. The monoisotopic (exact) mass is 354 g/mol. The minimum atomic E-state index is -1.25. The van der Waals surface area contributed by atoms with Crippen molar-refractivity contribution in [2.45, 2.75) is 31.1 Å². The topological polar surface area (TPSA) is 78.9 Å². The Morgan fingerprint density at radius 3 is 2.88 bits per heavy atom. The van der Waals surface area contributed by atoms with Crippen molar-refractivity contribution in [3.63, 3.8) is 0 Å². The van der Waals surface area contributed by atoms with E-state index in [1.807, 2.05) is 19.1 Å². The van der Waals surface area contributed by atoms with Crippen molar-refractivity contribution in [2.75, 3.05) is 12.0 Å². The van der Waals surface area contributed by atoms with Gasteiger partial charge in [0, 0.05) is 23.6 Å². The number of hydrogen-bond donors (Lipinski definition) is 0. The summed E-state index contributed by atoms with van der Waals surface area (Å²) in [6.45, 7) is 5.87. The molecule has 1 amide bonds. The quantitative estimate of drug-likeness (QED) is 0.739. The average Bonchev–Trinajstić information content (AvgIpc) is 3.24. The zero-order valence-electron chi connectivity index (χ0n) is 14.7. The maximum Gasteiger partial charge on any atom is 0.234 e. The van der Waals surface area contributed by atoms with E-state index < -0.39 is 29.5 Å². The summed E-state index contributed by atoms with van der Waals surface area (Å²) in [5, 5.41) is 11.7. The summed E-state index contributed by atoms with van der Waals surface area (Å²) >= 11 is 0. The molecule has 136 valence electrons. The largest absolute Gasteiger partial charge is 0.550 e. The standard InChI is InChI=1S/C20H21NO5/c1-11(2)9-15-20-8-7-14(26-20)16(19(23)24)17(20)18(22)21(15)12-5-4-6-13(10-12)25-3/h4-8,10,14-17H,1,9H2,2-3H3,(H,23,24)/p-1/t14-,15-,16+,17-,20+/m0/s1. The highest BCUT2D eigenvalue weighted by Crippen LogP contribution is 2.56. The fraction of sp³-hybridized carbons (Fsp3) is 0.400. The van der Waals surface area contributed by atoms with Crippen molar-refractivity contribution in [1.82, 2.24) is 0 Å². The van der Waals surface area contributed by atoms with E-state index in [1.165, 1.54) is 0 Å². The summed E-state index contributed by atoms with van der Waals surface area (Å²) in [4.78, 5) is 26.7. The maximum absolute atomic E-state index is 13.3. The maximum atomic E-state index is 13.3. The minimum Gasteiger partial charge on any atom is -0.550 e. The fourth-order valence-corrected chi connectivity index (χ4v) is 4.57. The fourth-order valence-electron chi connectivity index (χ4n) is 4.57. The molecule has 4 rings (SSSR count). The number of aliphatic carboxylic acids is 1. The Hall–Kier alpha value is -2.60. The van der Waals surface area contributed by atoms with Gasteiger partial charge in [-0.1, -0.05) is 23.8 Å². The predicted molar refractivity (Wildman–Crippen MR) is 92.4 cm³/mol. The van der Waals surface area contributed by atoms with Gasteiger partial charge in [-0.2, -0.15) is 0 Å². The minimum absolute atomic E-state index is 0.259. The lowest BCUT2D eigenvalue weighted by Gasteiger charge is -2.33. The molecule has 0 radical (unpaired) electrons. The molecule has 6 heteroatoms. The van der Waals surface area contributed by atoms with Crippen LogP contribution in [-0.4, -0.2) is 36.7 Å². The van der Waals surface area contributed by atoms with Gasteiger partial charge in [-0.3, -0.25) is 4.79 Å². The Balaban J connectivity index is 1.84. The van der Waals surface area contributed by atoms with Crippen LogP contribution in [0.5, 0.6) is 5.75 Å². The van der Waals surface area contributed by atoms with Crippen LogP contribution < -0.4 is 14.7 Å². The van der Waals surface area contributed by atoms with Crippen LogP contribution >= 0.6 is 0 Å². The summed E-state index contributed by atoms with van der Waals surface area (Å²) < 4.78 is 11.4. The number of nitrogens with zero attached hydrogens (tertiary/aromatic N) is 1. The molecule has 3 heterocycles. The molecule has 0 saturated carbocycles. The van der Waals surface area contributed by atoms with Crippen LogP contribution in [0.2, 0.25) is 0 Å². The van der Waals surface area contributed by atoms with Crippen LogP contribution in [-0.2, 0) is 14.3 Å². The third-order valence-corrected chi connectivity index (χ3v) is 5.57. The molecular weight excluding hydrogens is 334 g/mol. The molecule has 3 aliphatic heterocycles. The molecule has 2 bridgehead atoms. The smallest absolute Gasteiger partial charge is 0.234 e. The van der Waals surface area contributed by atoms with Crippen molar-refractivity contribution < 1.29 is 24.2 Å². The summed E-state index contributed by atoms with van der Waals surface area (Å²) in [5.41, 5.74) is 0.583. The third-order valence-electron chi connectivity index (χ3n) is 5.57. The number of hydrogen-bond acceptors (Lipinski definition) is 5. The molecular formula is C20H20NO5-. The number of amides is 1. The van der Waals surface area contributed by atoms with Crippen LogP contribution in [0.4, 0.5) is 5.69 Å². The van der Waals surface area contributed by atoms with Crippen LogP contribution in [0.3, 0.4) is 0 Å². The highest BCUT2D eigenvalue weighted by Gasteiger charge is 2.69. The molecule has 6 nitrogen and oxygen atoms in total. The Kier molecular flexibility index (Phi) is 3.70. The first-order chi connectivity index (χ1) is 12.4. The Labute approximate surface area is 151 Å². The van der Waals surface area contributed by atoms with E-state index in [0.717, 1.165) is 5.57 Å². The number of carboxylic acid groups (broad SMARTS) is 1. The molecule has 5 atom stereocenters. The van der Waals surface area contributed by atoms with Gasteiger partial charge >= 0.3 is 0 Å². The highest BCUT2D eigenvalue weighted by atomic mass is 16.5. The molecule has 1 aromatic carbocycles. The number of methoxy groups -OCH3 is 1. The van der Waals surface area contributed by atoms with E-state index in [-0.39, 0.29) is 11.9 Å². The van der Waals surface area contributed by atoms with E-state index in [4.69, 9.17) is 9.47 Å². The molecule has 3 aliphatic rings. The Bertz CT molecular complexity index is 831. The zero-order valence-corrected chi connectivity index (χ0v) is 14.7. The Morgan fingerprint density at radius 2 is 2.23 bits per heavy atom. The van der Waals surface area contributed by atoms with E-state index >= 15 is 0 Å². The van der Waals surface area contributed by atoms with Crippen molar-refractivity contribution in [3.05, 3.63) is 48.6 Å². The number of carbonyl (C=O) groups is 2. The summed E-state index contributed by atoms with van der Waals surface area (Å²) in [6, 6.07) is 6.81. The lowest BCUT2D eigenvalue weighted by Crippen LogP contribution is -2.46. The van der Waals surface area contributed by atoms with Crippen LogP contribution in [0, 0.1) is 11.8 Å². The van der Waals surface area contributed by atoms with E-state index in [0.29, 0.717) is 17.9 Å². The van der Waals surface area contributed by atoms with Gasteiger partial charge in [0.1, 0.15) is 11.4 Å². The van der Waals surface area contributed by atoms with Gasteiger partial charge in [0.25, 0.3) is 0 Å². The molecule has 2 saturated heterocycles. The number of ether oxygens (including phenoxy) is 2. The van der Waals surface area contributed by atoms with Crippen molar-refractivity contribution in [3.8, 4) is 5.75 Å². The first-order valence-corrected chi connectivity index (χ1v) is 8.58. The SMILES string of the molecule is C=C(C)C[C@@H]1N(c2cccc(OC)c2)C(=O)[C@@H]2[C@H](C(=O)[O-])[C@@H]3C=C[C@]21O3. The van der Waals surface area contributed by atoms with Crippen LogP contribution in [0.15, 0.2) is 48.6 Å². The Morgan fingerprint density at radius 1 is 1.46 bits per heavy atom. The molecule has 1 aromatic rings. The van der Waals surface area contributed by atoms with Crippen LogP contribution in [0.1, 0.15) is 13.3 Å². The summed E-state index contributed by atoms with van der Waals surface area (Å²) in [7, 11) is 1.56. The number of carbonyl (C=O) groups excluding carboxylic acids is 2. The van der Waals surface area contributed by atoms with Gasteiger partial charge in [0.05, 0.1) is 25.2 Å². The van der Waals surface area contributed by atoms with E-state index in [1.54, 1.807) is 36.3 Å². The lowest BCUT2D eigenvalue weighted by molar-refractivity contribution is -0.313. The second kappa shape index (κ2) is 5.71. The van der Waals surface area contributed by atoms with Crippen molar-refractivity contribution in [2.24, 2.45) is 11.8 Å². The molecule has 2 fully saturated rings. The van der Waals surface area contributed by atoms with Gasteiger partial charge in [-0.25, -0.2) is 0 Å². The number of carboxylic acids is 1. The van der Waals surface area contributed by atoms with Gasteiger partial charge < -0.3 is 24.3 Å². The third kappa shape index (κ3) is 2.15. The molecule has 0 unspecified atom stereocenters. The van der Waals surface area contributed by atoms with Crippen LogP contribution in [0.25, 0.3) is 0 Å². The van der Waals surface area contributed by atoms with Gasteiger partial charge in [-0.05, 0) is 25.5 Å². The van der Waals surface area contributed by atoms with Crippen molar-refractivity contribution >= 4 is 17.6 Å². The number of fused-ring (bicyclic) bond motifs is 1. The number of benzene rings is 1. The normalized spacial score (nSPS) is 34.2. The van der Waals surface area contributed by atoms with E-state index in [9.17, 15) is 14.7 Å². The van der Waals surface area contributed by atoms with Gasteiger partial charge in [0.15, 0.2) is 0 Å². The van der Waals surface area contributed by atoms with Gasteiger partial charge in [-0.15, -0.1) is 6.58 Å². The molecule has 26 heavy (non-hydrogen) atoms. The molecule has 0 aromatic heterocycles.